The van der Waals surface area contributed by atoms with Gasteiger partial charge in [-0.2, -0.15) is 0 Å². The maximum atomic E-state index is 13.5. The predicted octanol–water partition coefficient (Wildman–Crippen LogP) is 4.63. The van der Waals surface area contributed by atoms with Gasteiger partial charge in [-0.1, -0.05) is 67.6 Å². The average Bonchev–Trinajstić information content (AvgIpc) is 2.90. The fourth-order valence-electron chi connectivity index (χ4n) is 3.68. The van der Waals surface area contributed by atoms with Crippen molar-refractivity contribution in [3.05, 3.63) is 96.1 Å². The number of amides is 2. The summed E-state index contributed by atoms with van der Waals surface area (Å²) < 4.78 is 11.0. The molecular formula is C29H34N2O4. The van der Waals surface area contributed by atoms with Crippen molar-refractivity contribution in [3.63, 3.8) is 0 Å². The third-order valence-corrected chi connectivity index (χ3v) is 5.89. The number of methoxy groups -OCH3 is 1. The predicted molar refractivity (Wildman–Crippen MR) is 137 cm³/mol. The summed E-state index contributed by atoms with van der Waals surface area (Å²) in [7, 11) is 1.60. The van der Waals surface area contributed by atoms with E-state index in [-0.39, 0.29) is 24.5 Å². The van der Waals surface area contributed by atoms with E-state index in [2.05, 4.69) is 5.32 Å². The zero-order chi connectivity index (χ0) is 25.0. The fraction of sp³-hybridized carbons (Fsp3) is 0.310. The smallest absolute Gasteiger partial charge is 0.261 e. The Morgan fingerprint density at radius 1 is 0.857 bits per heavy atom. The lowest BCUT2D eigenvalue weighted by atomic mass is 10.0. The highest BCUT2D eigenvalue weighted by molar-refractivity contribution is 5.88. The summed E-state index contributed by atoms with van der Waals surface area (Å²) in [5.41, 5.74) is 1.93. The van der Waals surface area contributed by atoms with Crippen LogP contribution in [0.4, 0.5) is 0 Å². The van der Waals surface area contributed by atoms with Crippen molar-refractivity contribution in [3.8, 4) is 11.5 Å². The second-order valence-corrected chi connectivity index (χ2v) is 8.49. The molecule has 0 aliphatic heterocycles. The SMILES string of the molecule is CCC(C)NC(=O)C(Cc1ccccc1)N(Cc1ccccc1)C(=O)COc1ccc(OC)cc1. The minimum absolute atomic E-state index is 0.00463. The molecule has 0 heterocycles. The molecule has 35 heavy (non-hydrogen) atoms. The van der Waals surface area contributed by atoms with Crippen LogP contribution in [0.2, 0.25) is 0 Å². The lowest BCUT2D eigenvalue weighted by Gasteiger charge is -2.32. The fourth-order valence-corrected chi connectivity index (χ4v) is 3.68. The molecule has 6 nitrogen and oxygen atoms in total. The van der Waals surface area contributed by atoms with Gasteiger partial charge >= 0.3 is 0 Å². The topological polar surface area (TPSA) is 67.9 Å². The summed E-state index contributed by atoms with van der Waals surface area (Å²) in [6.07, 6.45) is 1.21. The molecule has 184 valence electrons. The molecule has 3 aromatic rings. The number of hydrogen-bond donors (Lipinski definition) is 1. The molecule has 2 atom stereocenters. The molecule has 0 saturated heterocycles. The summed E-state index contributed by atoms with van der Waals surface area (Å²) in [5.74, 6) is 0.836. The van der Waals surface area contributed by atoms with Gasteiger partial charge in [0.1, 0.15) is 17.5 Å². The Morgan fingerprint density at radius 3 is 2.00 bits per heavy atom. The lowest BCUT2D eigenvalue weighted by molar-refractivity contribution is -0.143. The second kappa shape index (κ2) is 13.2. The van der Waals surface area contributed by atoms with Gasteiger partial charge in [-0.15, -0.1) is 0 Å². The Bertz CT molecular complexity index is 1060. The molecule has 0 fully saturated rings. The van der Waals surface area contributed by atoms with Crippen LogP contribution in [-0.4, -0.2) is 42.5 Å². The standard InChI is InChI=1S/C29H34N2O4/c1-4-22(2)30-29(33)27(19-23-11-7-5-8-12-23)31(20-24-13-9-6-10-14-24)28(32)21-35-26-17-15-25(34-3)16-18-26/h5-18,22,27H,4,19-21H2,1-3H3,(H,30,33). The van der Waals surface area contributed by atoms with Crippen molar-refractivity contribution in [2.75, 3.05) is 13.7 Å². The molecule has 0 radical (unpaired) electrons. The molecular weight excluding hydrogens is 440 g/mol. The molecule has 0 aliphatic rings. The first-order chi connectivity index (χ1) is 17.0. The van der Waals surface area contributed by atoms with Gasteiger partial charge in [0.15, 0.2) is 6.61 Å². The minimum atomic E-state index is -0.682. The maximum absolute atomic E-state index is 13.5. The van der Waals surface area contributed by atoms with Crippen LogP contribution in [-0.2, 0) is 22.6 Å². The quantitative estimate of drug-likeness (QED) is 0.416. The Labute approximate surface area is 207 Å². The minimum Gasteiger partial charge on any atom is -0.497 e. The van der Waals surface area contributed by atoms with Crippen molar-refractivity contribution in [2.24, 2.45) is 0 Å². The zero-order valence-corrected chi connectivity index (χ0v) is 20.6. The highest BCUT2D eigenvalue weighted by Crippen LogP contribution is 2.19. The monoisotopic (exact) mass is 474 g/mol. The molecule has 3 rings (SSSR count). The molecule has 2 unspecified atom stereocenters. The van der Waals surface area contributed by atoms with Crippen LogP contribution in [0, 0.1) is 0 Å². The summed E-state index contributed by atoms with van der Waals surface area (Å²) >= 11 is 0. The Balaban J connectivity index is 1.86. The van der Waals surface area contributed by atoms with Crippen LogP contribution < -0.4 is 14.8 Å². The van der Waals surface area contributed by atoms with E-state index in [4.69, 9.17) is 9.47 Å². The van der Waals surface area contributed by atoms with Crippen LogP contribution in [0.1, 0.15) is 31.4 Å². The first-order valence-corrected chi connectivity index (χ1v) is 11.9. The van der Waals surface area contributed by atoms with Crippen LogP contribution >= 0.6 is 0 Å². The summed E-state index contributed by atoms with van der Waals surface area (Å²) in [6.45, 7) is 4.11. The van der Waals surface area contributed by atoms with Crippen molar-refractivity contribution in [1.29, 1.82) is 0 Å². The third-order valence-electron chi connectivity index (χ3n) is 5.89. The van der Waals surface area contributed by atoms with E-state index >= 15 is 0 Å². The Morgan fingerprint density at radius 2 is 1.43 bits per heavy atom. The largest absolute Gasteiger partial charge is 0.497 e. The van der Waals surface area contributed by atoms with Gasteiger partial charge < -0.3 is 19.7 Å². The molecule has 3 aromatic carbocycles. The van der Waals surface area contributed by atoms with Crippen molar-refractivity contribution >= 4 is 11.8 Å². The molecule has 0 saturated carbocycles. The number of ether oxygens (including phenoxy) is 2. The van der Waals surface area contributed by atoms with Gasteiger partial charge in [-0.3, -0.25) is 9.59 Å². The van der Waals surface area contributed by atoms with E-state index in [1.807, 2.05) is 74.5 Å². The first-order valence-electron chi connectivity index (χ1n) is 11.9. The van der Waals surface area contributed by atoms with E-state index in [1.165, 1.54) is 0 Å². The average molecular weight is 475 g/mol. The van der Waals surface area contributed by atoms with E-state index in [0.717, 1.165) is 17.5 Å². The molecule has 1 N–H and O–H groups in total. The lowest BCUT2D eigenvalue weighted by Crippen LogP contribution is -2.53. The highest BCUT2D eigenvalue weighted by atomic mass is 16.5. The first kappa shape index (κ1) is 25.8. The van der Waals surface area contributed by atoms with Crippen molar-refractivity contribution in [2.45, 2.75) is 45.3 Å². The van der Waals surface area contributed by atoms with Crippen molar-refractivity contribution in [1.82, 2.24) is 10.2 Å². The molecule has 0 aromatic heterocycles. The molecule has 0 spiro atoms. The zero-order valence-electron chi connectivity index (χ0n) is 20.6. The number of hydrogen-bond acceptors (Lipinski definition) is 4. The Kier molecular flexibility index (Phi) is 9.72. The van der Waals surface area contributed by atoms with Gasteiger partial charge in [-0.05, 0) is 48.7 Å². The molecule has 6 heteroatoms. The Hall–Kier alpha value is -3.80. The van der Waals surface area contributed by atoms with E-state index in [9.17, 15) is 9.59 Å². The molecule has 2 amide bonds. The van der Waals surface area contributed by atoms with E-state index in [1.54, 1.807) is 36.3 Å². The van der Waals surface area contributed by atoms with Gasteiger partial charge in [0, 0.05) is 19.0 Å². The van der Waals surface area contributed by atoms with Gasteiger partial charge in [-0.25, -0.2) is 0 Å². The number of nitrogens with zero attached hydrogens (tertiary/aromatic N) is 1. The number of nitrogens with one attached hydrogen (secondary N) is 1. The normalized spacial score (nSPS) is 12.3. The van der Waals surface area contributed by atoms with Crippen molar-refractivity contribution < 1.29 is 19.1 Å². The van der Waals surface area contributed by atoms with Gasteiger partial charge in [0.2, 0.25) is 5.91 Å². The van der Waals surface area contributed by atoms with Gasteiger partial charge in [0.05, 0.1) is 7.11 Å². The summed E-state index contributed by atoms with van der Waals surface area (Å²) in [6, 6.07) is 25.8. The van der Waals surface area contributed by atoms with Crippen LogP contribution in [0.15, 0.2) is 84.9 Å². The molecule has 0 aliphatic carbocycles. The second-order valence-electron chi connectivity index (χ2n) is 8.49. The third kappa shape index (κ3) is 7.88. The van der Waals surface area contributed by atoms with Crippen LogP contribution in [0.25, 0.3) is 0 Å². The van der Waals surface area contributed by atoms with Crippen LogP contribution in [0.3, 0.4) is 0 Å². The number of benzene rings is 3. The number of carbonyl (C=O) groups excluding carboxylic acids is 2. The summed E-state index contributed by atoms with van der Waals surface area (Å²) in [5, 5.41) is 3.07. The van der Waals surface area contributed by atoms with E-state index in [0.29, 0.717) is 24.5 Å². The molecule has 0 bridgehead atoms. The summed E-state index contributed by atoms with van der Waals surface area (Å²) in [4.78, 5) is 28.6. The number of carbonyl (C=O) groups is 2. The number of rotatable bonds is 12. The maximum Gasteiger partial charge on any atom is 0.261 e. The van der Waals surface area contributed by atoms with Crippen LogP contribution in [0.5, 0.6) is 11.5 Å². The highest BCUT2D eigenvalue weighted by Gasteiger charge is 2.31. The van der Waals surface area contributed by atoms with E-state index < -0.39 is 6.04 Å². The van der Waals surface area contributed by atoms with Gasteiger partial charge in [0.25, 0.3) is 5.91 Å².